The fourth-order valence-corrected chi connectivity index (χ4v) is 3.69. The molecule has 0 bridgehead atoms. The second-order valence-corrected chi connectivity index (χ2v) is 6.31. The van der Waals surface area contributed by atoms with Gasteiger partial charge in [-0.2, -0.15) is 0 Å². The zero-order valence-electron chi connectivity index (χ0n) is 9.87. The third-order valence-corrected chi connectivity index (χ3v) is 5.05. The summed E-state index contributed by atoms with van der Waals surface area (Å²) in [7, 11) is 0. The predicted molar refractivity (Wildman–Crippen MR) is 71.1 cm³/mol. The van der Waals surface area contributed by atoms with Crippen LogP contribution in [0.3, 0.4) is 0 Å². The van der Waals surface area contributed by atoms with Crippen LogP contribution in [0.4, 0.5) is 0 Å². The molecule has 1 unspecified atom stereocenters. The molecule has 2 heterocycles. The molecule has 0 amide bonds. The van der Waals surface area contributed by atoms with Crippen molar-refractivity contribution >= 4 is 22.9 Å². The smallest absolute Gasteiger partial charge is 0.0586 e. The standard InChI is InChI=1S/C12H19ClN2S/c1-12(2,15-6-3-4-7-15)11(14)10-9(13)5-8-16-10/h5,8,11H,3-4,6-7,14H2,1-2H3. The van der Waals surface area contributed by atoms with Gasteiger partial charge in [0.05, 0.1) is 11.1 Å². The van der Waals surface area contributed by atoms with Crippen LogP contribution in [0.1, 0.15) is 37.6 Å². The molecule has 16 heavy (non-hydrogen) atoms. The van der Waals surface area contributed by atoms with E-state index in [0.717, 1.165) is 23.0 Å². The van der Waals surface area contributed by atoms with E-state index in [2.05, 4.69) is 18.7 Å². The van der Waals surface area contributed by atoms with E-state index < -0.39 is 0 Å². The maximum absolute atomic E-state index is 6.38. The van der Waals surface area contributed by atoms with Crippen LogP contribution in [-0.4, -0.2) is 23.5 Å². The summed E-state index contributed by atoms with van der Waals surface area (Å²) in [6.45, 7) is 6.76. The van der Waals surface area contributed by atoms with Crippen molar-refractivity contribution in [3.05, 3.63) is 21.3 Å². The van der Waals surface area contributed by atoms with Gasteiger partial charge in [0, 0.05) is 10.4 Å². The van der Waals surface area contributed by atoms with Crippen LogP contribution in [0.25, 0.3) is 0 Å². The fourth-order valence-electron chi connectivity index (χ4n) is 2.34. The molecule has 0 radical (unpaired) electrons. The molecule has 1 aromatic heterocycles. The number of rotatable bonds is 3. The zero-order chi connectivity index (χ0) is 11.8. The summed E-state index contributed by atoms with van der Waals surface area (Å²) < 4.78 is 0. The van der Waals surface area contributed by atoms with E-state index in [4.69, 9.17) is 17.3 Å². The Morgan fingerprint density at radius 2 is 2.06 bits per heavy atom. The number of halogens is 1. The molecular weight excluding hydrogens is 240 g/mol. The number of hydrogen-bond donors (Lipinski definition) is 1. The van der Waals surface area contributed by atoms with E-state index in [1.807, 2.05) is 11.4 Å². The number of thiophene rings is 1. The van der Waals surface area contributed by atoms with E-state index in [1.54, 1.807) is 11.3 Å². The van der Waals surface area contributed by atoms with E-state index in [0.29, 0.717) is 0 Å². The van der Waals surface area contributed by atoms with Gasteiger partial charge in [-0.1, -0.05) is 11.6 Å². The highest BCUT2D eigenvalue weighted by atomic mass is 35.5. The molecule has 90 valence electrons. The van der Waals surface area contributed by atoms with E-state index in [-0.39, 0.29) is 11.6 Å². The van der Waals surface area contributed by atoms with Gasteiger partial charge in [-0.3, -0.25) is 4.90 Å². The largest absolute Gasteiger partial charge is 0.322 e. The molecule has 4 heteroatoms. The number of hydrogen-bond acceptors (Lipinski definition) is 3. The first-order valence-corrected chi connectivity index (χ1v) is 7.03. The van der Waals surface area contributed by atoms with Crippen molar-refractivity contribution in [3.63, 3.8) is 0 Å². The van der Waals surface area contributed by atoms with Gasteiger partial charge in [0.15, 0.2) is 0 Å². The Morgan fingerprint density at radius 3 is 2.56 bits per heavy atom. The first kappa shape index (κ1) is 12.4. The lowest BCUT2D eigenvalue weighted by molar-refractivity contribution is 0.125. The quantitative estimate of drug-likeness (QED) is 0.902. The SMILES string of the molecule is CC(C)(C(N)c1sccc1Cl)N1CCCC1. The van der Waals surface area contributed by atoms with Crippen molar-refractivity contribution in [1.82, 2.24) is 4.90 Å². The van der Waals surface area contributed by atoms with Crippen LogP contribution >= 0.6 is 22.9 Å². The van der Waals surface area contributed by atoms with Gasteiger partial charge < -0.3 is 5.73 Å². The van der Waals surface area contributed by atoms with Crippen molar-refractivity contribution in [2.75, 3.05) is 13.1 Å². The summed E-state index contributed by atoms with van der Waals surface area (Å²) in [4.78, 5) is 3.59. The van der Waals surface area contributed by atoms with Crippen LogP contribution in [0.15, 0.2) is 11.4 Å². The molecule has 0 spiro atoms. The highest BCUT2D eigenvalue weighted by Gasteiger charge is 2.36. The van der Waals surface area contributed by atoms with E-state index in [9.17, 15) is 0 Å². The van der Waals surface area contributed by atoms with Gasteiger partial charge in [-0.05, 0) is 51.2 Å². The van der Waals surface area contributed by atoms with Crippen LogP contribution in [-0.2, 0) is 0 Å². The summed E-state index contributed by atoms with van der Waals surface area (Å²) >= 11 is 7.82. The highest BCUT2D eigenvalue weighted by Crippen LogP contribution is 2.37. The minimum Gasteiger partial charge on any atom is -0.322 e. The molecular formula is C12H19ClN2S. The topological polar surface area (TPSA) is 29.3 Å². The van der Waals surface area contributed by atoms with Gasteiger partial charge in [-0.25, -0.2) is 0 Å². The Balaban J connectivity index is 2.19. The average Bonchev–Trinajstić information content (AvgIpc) is 2.86. The van der Waals surface area contributed by atoms with E-state index >= 15 is 0 Å². The average molecular weight is 259 g/mol. The summed E-state index contributed by atoms with van der Waals surface area (Å²) in [5.74, 6) is 0. The van der Waals surface area contributed by atoms with E-state index in [1.165, 1.54) is 12.8 Å². The molecule has 1 aromatic rings. The van der Waals surface area contributed by atoms with Gasteiger partial charge in [-0.15, -0.1) is 11.3 Å². The molecule has 2 N–H and O–H groups in total. The molecule has 2 rings (SSSR count). The molecule has 1 aliphatic heterocycles. The van der Waals surface area contributed by atoms with Gasteiger partial charge in [0.1, 0.15) is 0 Å². The molecule has 1 atom stereocenters. The first-order valence-electron chi connectivity index (χ1n) is 5.77. The van der Waals surface area contributed by atoms with Crippen molar-refractivity contribution < 1.29 is 0 Å². The monoisotopic (exact) mass is 258 g/mol. The van der Waals surface area contributed by atoms with Crippen LogP contribution in [0.5, 0.6) is 0 Å². The minimum atomic E-state index is -0.00894. The van der Waals surface area contributed by atoms with Crippen LogP contribution < -0.4 is 5.73 Å². The number of nitrogens with zero attached hydrogens (tertiary/aromatic N) is 1. The van der Waals surface area contributed by atoms with Crippen molar-refractivity contribution in [3.8, 4) is 0 Å². The Morgan fingerprint density at radius 1 is 1.44 bits per heavy atom. The first-order chi connectivity index (χ1) is 7.53. The Labute approximate surface area is 106 Å². The Kier molecular flexibility index (Phi) is 3.59. The number of nitrogens with two attached hydrogens (primary N) is 1. The molecule has 1 aliphatic rings. The second-order valence-electron chi connectivity index (χ2n) is 4.96. The lowest BCUT2D eigenvalue weighted by Crippen LogP contribution is -2.49. The predicted octanol–water partition coefficient (Wildman–Crippen LogP) is 3.28. The van der Waals surface area contributed by atoms with Gasteiger partial charge >= 0.3 is 0 Å². The zero-order valence-corrected chi connectivity index (χ0v) is 11.4. The van der Waals surface area contributed by atoms with Crippen molar-refractivity contribution in [2.24, 2.45) is 5.73 Å². The lowest BCUT2D eigenvalue weighted by atomic mass is 9.92. The molecule has 0 aliphatic carbocycles. The summed E-state index contributed by atoms with van der Waals surface area (Å²) in [6, 6.07) is 1.93. The van der Waals surface area contributed by atoms with Crippen molar-refractivity contribution in [2.45, 2.75) is 38.3 Å². The fraction of sp³-hybridized carbons (Fsp3) is 0.667. The van der Waals surface area contributed by atoms with Gasteiger partial charge in [0.25, 0.3) is 0 Å². The molecule has 2 nitrogen and oxygen atoms in total. The highest BCUT2D eigenvalue weighted by molar-refractivity contribution is 7.10. The number of likely N-dealkylation sites (tertiary alicyclic amines) is 1. The Hall–Kier alpha value is -0.0900. The minimum absolute atomic E-state index is 0.00176. The molecule has 1 saturated heterocycles. The van der Waals surface area contributed by atoms with Crippen LogP contribution in [0.2, 0.25) is 5.02 Å². The normalized spacial score (nSPS) is 20.2. The molecule has 0 saturated carbocycles. The lowest BCUT2D eigenvalue weighted by Gasteiger charge is -2.40. The van der Waals surface area contributed by atoms with Gasteiger partial charge in [0.2, 0.25) is 0 Å². The summed E-state index contributed by atoms with van der Waals surface area (Å²) in [6.07, 6.45) is 2.57. The maximum atomic E-state index is 6.38. The second kappa shape index (κ2) is 4.65. The third kappa shape index (κ3) is 2.14. The van der Waals surface area contributed by atoms with Crippen molar-refractivity contribution in [1.29, 1.82) is 0 Å². The maximum Gasteiger partial charge on any atom is 0.0586 e. The Bertz CT molecular complexity index is 356. The molecule has 1 fully saturated rings. The third-order valence-electron chi connectivity index (χ3n) is 3.61. The summed E-state index contributed by atoms with van der Waals surface area (Å²) in [5.41, 5.74) is 6.37. The van der Waals surface area contributed by atoms with Crippen LogP contribution in [0, 0.1) is 0 Å². The summed E-state index contributed by atoms with van der Waals surface area (Å²) in [5, 5.41) is 2.82. The molecule has 0 aromatic carbocycles.